The molecule has 1 heterocycles. The van der Waals surface area contributed by atoms with Crippen molar-refractivity contribution in [2.24, 2.45) is 0 Å². The Morgan fingerprint density at radius 1 is 1.50 bits per heavy atom. The number of aromatic nitrogens is 1. The van der Waals surface area contributed by atoms with Gasteiger partial charge in [-0.15, -0.1) is 24.8 Å². The molecule has 0 atom stereocenters. The Kier molecular flexibility index (Phi) is 4.62. The van der Waals surface area contributed by atoms with Crippen molar-refractivity contribution >= 4 is 11.6 Å². The molecule has 0 aliphatic rings. The van der Waals surface area contributed by atoms with Crippen LogP contribution in [0.25, 0.3) is 0 Å². The van der Waals surface area contributed by atoms with E-state index in [1.807, 2.05) is 0 Å². The smallest absolute Gasteiger partial charge is 0.491 e. The molecule has 0 saturated heterocycles. The third kappa shape index (κ3) is 3.67. The van der Waals surface area contributed by atoms with Gasteiger partial charge in [0.1, 0.15) is 0 Å². The van der Waals surface area contributed by atoms with E-state index in [1.165, 1.54) is 13.2 Å². The summed E-state index contributed by atoms with van der Waals surface area (Å²) in [7, 11) is 1.18. The van der Waals surface area contributed by atoms with Gasteiger partial charge in [0, 0.05) is 5.56 Å². The lowest BCUT2D eigenvalue weighted by molar-refractivity contribution is -0.276. The zero-order chi connectivity index (χ0) is 13.8. The zero-order valence-electron chi connectivity index (χ0n) is 9.21. The number of pyridine rings is 1. The number of rotatable bonds is 4. The molecular formula is C10H8ClF3N2O2. The summed E-state index contributed by atoms with van der Waals surface area (Å²) in [6, 6.07) is 3.18. The summed E-state index contributed by atoms with van der Waals surface area (Å²) in [5.41, 5.74) is 0.409. The first-order valence-corrected chi connectivity index (χ1v) is 5.20. The fourth-order valence-electron chi connectivity index (χ4n) is 1.29. The molecule has 0 aliphatic heterocycles. The van der Waals surface area contributed by atoms with E-state index in [2.05, 4.69) is 9.72 Å². The van der Waals surface area contributed by atoms with E-state index in [0.717, 1.165) is 0 Å². The van der Waals surface area contributed by atoms with Gasteiger partial charge in [-0.2, -0.15) is 5.26 Å². The van der Waals surface area contributed by atoms with Gasteiger partial charge in [-0.25, -0.2) is 4.98 Å². The molecule has 8 heteroatoms. The van der Waals surface area contributed by atoms with Crippen LogP contribution in [-0.2, 0) is 12.3 Å². The molecule has 0 radical (unpaired) electrons. The average molecular weight is 281 g/mol. The predicted molar refractivity (Wildman–Crippen MR) is 56.3 cm³/mol. The molecule has 1 aromatic rings. The summed E-state index contributed by atoms with van der Waals surface area (Å²) >= 11 is 5.60. The monoisotopic (exact) mass is 280 g/mol. The van der Waals surface area contributed by atoms with E-state index in [0.29, 0.717) is 0 Å². The Labute approximate surface area is 106 Å². The summed E-state index contributed by atoms with van der Waals surface area (Å²) < 4.78 is 45.1. The number of hydrogen-bond acceptors (Lipinski definition) is 4. The molecule has 4 nitrogen and oxygen atoms in total. The molecule has 18 heavy (non-hydrogen) atoms. The second-order valence-corrected chi connectivity index (χ2v) is 3.39. The maximum atomic E-state index is 12.2. The van der Waals surface area contributed by atoms with E-state index in [4.69, 9.17) is 21.6 Å². The van der Waals surface area contributed by atoms with Gasteiger partial charge in [0.25, 0.3) is 5.88 Å². The minimum absolute atomic E-state index is 0.0850. The lowest BCUT2D eigenvalue weighted by Crippen LogP contribution is -2.19. The van der Waals surface area contributed by atoms with Gasteiger partial charge < -0.3 is 9.47 Å². The van der Waals surface area contributed by atoms with E-state index in [9.17, 15) is 13.2 Å². The van der Waals surface area contributed by atoms with Crippen LogP contribution >= 0.6 is 11.6 Å². The molecule has 1 rings (SSSR count). The van der Waals surface area contributed by atoms with Crippen LogP contribution in [0.2, 0.25) is 0 Å². The van der Waals surface area contributed by atoms with Crippen LogP contribution in [0.4, 0.5) is 13.2 Å². The van der Waals surface area contributed by atoms with Crippen LogP contribution in [0.5, 0.6) is 11.6 Å². The topological polar surface area (TPSA) is 55.1 Å². The SMILES string of the molecule is COc1c(CCl)cc(CC#N)nc1OC(F)(F)F. The van der Waals surface area contributed by atoms with Crippen molar-refractivity contribution in [2.45, 2.75) is 18.7 Å². The second kappa shape index (κ2) is 5.78. The molecule has 1 aromatic heterocycles. The maximum absolute atomic E-state index is 12.2. The fraction of sp³-hybridized carbons (Fsp3) is 0.400. The molecule has 0 amide bonds. The number of halogens is 4. The molecule has 0 N–H and O–H groups in total. The van der Waals surface area contributed by atoms with Crippen LogP contribution in [0, 0.1) is 11.3 Å². The van der Waals surface area contributed by atoms with Gasteiger partial charge in [-0.3, -0.25) is 0 Å². The van der Waals surface area contributed by atoms with Gasteiger partial charge in [-0.05, 0) is 6.07 Å². The molecule has 98 valence electrons. The van der Waals surface area contributed by atoms with Gasteiger partial charge in [-0.1, -0.05) is 0 Å². The van der Waals surface area contributed by atoms with Crippen LogP contribution < -0.4 is 9.47 Å². The molecule has 0 aromatic carbocycles. The molecule has 0 bridgehead atoms. The Morgan fingerprint density at radius 2 is 2.17 bits per heavy atom. The van der Waals surface area contributed by atoms with Gasteiger partial charge in [0.15, 0.2) is 5.75 Å². The third-order valence-corrected chi connectivity index (χ3v) is 2.18. The highest BCUT2D eigenvalue weighted by Crippen LogP contribution is 2.34. The Hall–Kier alpha value is -1.68. The standard InChI is InChI=1S/C10H8ClF3N2O2/c1-17-8-6(5-11)4-7(2-3-15)16-9(8)18-10(12,13)14/h4H,2,5H2,1H3. The number of hydrogen-bond donors (Lipinski definition) is 0. The lowest BCUT2D eigenvalue weighted by Gasteiger charge is -2.14. The maximum Gasteiger partial charge on any atom is 0.574 e. The Balaban J connectivity index is 3.27. The van der Waals surface area contributed by atoms with Crippen LogP contribution in [0.1, 0.15) is 11.3 Å². The van der Waals surface area contributed by atoms with Crippen molar-refractivity contribution in [3.8, 4) is 17.7 Å². The number of methoxy groups -OCH3 is 1. The second-order valence-electron chi connectivity index (χ2n) is 3.13. The first-order valence-electron chi connectivity index (χ1n) is 4.66. The third-order valence-electron chi connectivity index (χ3n) is 1.89. The predicted octanol–water partition coefficient (Wildman–Crippen LogP) is 2.79. The molecule has 0 spiro atoms. The van der Waals surface area contributed by atoms with Crippen LogP contribution in [0.3, 0.4) is 0 Å². The number of alkyl halides is 4. The summed E-state index contributed by atoms with van der Waals surface area (Å²) in [6.45, 7) is 0. The molecule has 0 unspecified atom stereocenters. The van der Waals surface area contributed by atoms with E-state index in [1.54, 1.807) is 6.07 Å². The van der Waals surface area contributed by atoms with Crippen LogP contribution in [0.15, 0.2) is 6.07 Å². The van der Waals surface area contributed by atoms with Gasteiger partial charge in [0.2, 0.25) is 0 Å². The summed E-state index contributed by atoms with van der Waals surface area (Å²) in [6.07, 6.45) is -5.04. The first-order chi connectivity index (χ1) is 8.41. The van der Waals surface area contributed by atoms with Crippen molar-refractivity contribution < 1.29 is 22.6 Å². The van der Waals surface area contributed by atoms with Crippen molar-refractivity contribution in [1.29, 1.82) is 5.26 Å². The normalized spacial score (nSPS) is 10.9. The fourth-order valence-corrected chi connectivity index (χ4v) is 1.48. The molecule has 0 fully saturated rings. The lowest BCUT2D eigenvalue weighted by atomic mass is 10.2. The van der Waals surface area contributed by atoms with E-state index in [-0.39, 0.29) is 29.3 Å². The number of nitriles is 1. The van der Waals surface area contributed by atoms with Gasteiger partial charge >= 0.3 is 6.36 Å². The highest BCUT2D eigenvalue weighted by Gasteiger charge is 2.34. The summed E-state index contributed by atoms with van der Waals surface area (Å²) in [5, 5.41) is 8.52. The highest BCUT2D eigenvalue weighted by molar-refractivity contribution is 6.17. The molecular weight excluding hydrogens is 273 g/mol. The largest absolute Gasteiger partial charge is 0.574 e. The minimum atomic E-state index is -4.89. The Morgan fingerprint density at radius 3 is 2.61 bits per heavy atom. The Bertz CT molecular complexity index is 471. The average Bonchev–Trinajstić information content (AvgIpc) is 2.26. The summed E-state index contributed by atoms with van der Waals surface area (Å²) in [5.74, 6) is -1.02. The van der Waals surface area contributed by atoms with Crippen LogP contribution in [-0.4, -0.2) is 18.5 Å². The minimum Gasteiger partial charge on any atom is -0.491 e. The number of ether oxygens (including phenoxy) is 2. The number of nitrogens with zero attached hydrogens (tertiary/aromatic N) is 2. The molecule has 0 aliphatic carbocycles. The van der Waals surface area contributed by atoms with Crippen molar-refractivity contribution in [1.82, 2.24) is 4.98 Å². The van der Waals surface area contributed by atoms with Crippen molar-refractivity contribution in [3.05, 3.63) is 17.3 Å². The van der Waals surface area contributed by atoms with Gasteiger partial charge in [0.05, 0.1) is 31.2 Å². The zero-order valence-corrected chi connectivity index (χ0v) is 9.97. The van der Waals surface area contributed by atoms with E-state index >= 15 is 0 Å². The van der Waals surface area contributed by atoms with Crippen molar-refractivity contribution in [2.75, 3.05) is 7.11 Å². The summed E-state index contributed by atoms with van der Waals surface area (Å²) in [4.78, 5) is 3.58. The quantitative estimate of drug-likeness (QED) is 0.796. The highest BCUT2D eigenvalue weighted by atomic mass is 35.5. The first kappa shape index (κ1) is 14.4. The molecule has 0 saturated carbocycles. The van der Waals surface area contributed by atoms with E-state index < -0.39 is 12.2 Å². The van der Waals surface area contributed by atoms with Crippen molar-refractivity contribution in [3.63, 3.8) is 0 Å².